The lowest BCUT2D eigenvalue weighted by Gasteiger charge is -2.12. The Labute approximate surface area is 99.2 Å². The molecule has 0 spiro atoms. The molecule has 0 fully saturated rings. The van der Waals surface area contributed by atoms with Crippen molar-refractivity contribution in [3.63, 3.8) is 0 Å². The lowest BCUT2D eigenvalue weighted by molar-refractivity contribution is -0.118. The number of hydrogen-bond donors (Lipinski definition) is 2. The van der Waals surface area contributed by atoms with Crippen molar-refractivity contribution in [2.75, 3.05) is 20.1 Å². The second-order valence-corrected chi connectivity index (χ2v) is 4.44. The fourth-order valence-electron chi connectivity index (χ4n) is 1.27. The van der Waals surface area contributed by atoms with E-state index in [0.717, 1.165) is 10.4 Å². The van der Waals surface area contributed by atoms with E-state index in [0.29, 0.717) is 13.1 Å². The van der Waals surface area contributed by atoms with Gasteiger partial charge in [-0.3, -0.25) is 9.69 Å². The van der Waals surface area contributed by atoms with Gasteiger partial charge in [-0.05, 0) is 13.1 Å². The van der Waals surface area contributed by atoms with Crippen LogP contribution in [0.1, 0.15) is 10.4 Å². The molecule has 0 aliphatic carbocycles. The van der Waals surface area contributed by atoms with Crippen molar-refractivity contribution in [1.29, 1.82) is 0 Å². The standard InChI is InChI=1S/C11H15N3OS/c1-14(7-11(13)15)6-10-5-9(8-16-10)3-2-4-12/h5,8H,4,6-7,12H2,1H3,(H2,13,15). The van der Waals surface area contributed by atoms with Gasteiger partial charge in [0.1, 0.15) is 0 Å². The number of nitrogens with zero attached hydrogens (tertiary/aromatic N) is 1. The molecule has 0 aliphatic heterocycles. The second-order valence-electron chi connectivity index (χ2n) is 3.45. The topological polar surface area (TPSA) is 72.3 Å². The Morgan fingerprint density at radius 1 is 1.62 bits per heavy atom. The third kappa shape index (κ3) is 4.45. The number of rotatable bonds is 4. The number of hydrogen-bond acceptors (Lipinski definition) is 4. The summed E-state index contributed by atoms with van der Waals surface area (Å²) in [6.07, 6.45) is 0. The van der Waals surface area contributed by atoms with Gasteiger partial charge in [-0.1, -0.05) is 11.8 Å². The van der Waals surface area contributed by atoms with Crippen LogP contribution in [0, 0.1) is 11.8 Å². The summed E-state index contributed by atoms with van der Waals surface area (Å²) in [5.74, 6) is 5.45. The number of carbonyl (C=O) groups excluding carboxylic acids is 1. The summed E-state index contributed by atoms with van der Waals surface area (Å²) in [7, 11) is 1.86. The normalized spacial score (nSPS) is 9.94. The molecule has 86 valence electrons. The molecule has 16 heavy (non-hydrogen) atoms. The predicted molar refractivity (Wildman–Crippen MR) is 65.8 cm³/mol. The first kappa shape index (κ1) is 12.7. The first-order valence-corrected chi connectivity index (χ1v) is 5.73. The molecule has 4 nitrogen and oxygen atoms in total. The van der Waals surface area contributed by atoms with E-state index >= 15 is 0 Å². The number of amides is 1. The van der Waals surface area contributed by atoms with Gasteiger partial charge in [-0.25, -0.2) is 0 Å². The number of thiophene rings is 1. The van der Waals surface area contributed by atoms with Gasteiger partial charge in [0, 0.05) is 22.4 Å². The molecule has 0 aliphatic rings. The van der Waals surface area contributed by atoms with Crippen LogP contribution in [0.25, 0.3) is 0 Å². The minimum atomic E-state index is -0.317. The summed E-state index contributed by atoms with van der Waals surface area (Å²) < 4.78 is 0. The van der Waals surface area contributed by atoms with Gasteiger partial charge in [-0.15, -0.1) is 11.3 Å². The smallest absolute Gasteiger partial charge is 0.231 e. The molecule has 0 saturated carbocycles. The van der Waals surface area contributed by atoms with Crippen LogP contribution in [0.2, 0.25) is 0 Å². The maximum absolute atomic E-state index is 10.7. The highest BCUT2D eigenvalue weighted by molar-refractivity contribution is 7.10. The van der Waals surface area contributed by atoms with Crippen molar-refractivity contribution in [1.82, 2.24) is 4.90 Å². The number of likely N-dealkylation sites (N-methyl/N-ethyl adjacent to an activating group) is 1. The van der Waals surface area contributed by atoms with Gasteiger partial charge < -0.3 is 11.5 Å². The molecular weight excluding hydrogens is 222 g/mol. The van der Waals surface area contributed by atoms with Crippen molar-refractivity contribution in [3.05, 3.63) is 21.9 Å². The Kier molecular flexibility index (Phi) is 4.99. The minimum Gasteiger partial charge on any atom is -0.369 e. The Balaban J connectivity index is 2.54. The average Bonchev–Trinajstić information content (AvgIpc) is 2.61. The van der Waals surface area contributed by atoms with Crippen molar-refractivity contribution >= 4 is 17.2 Å². The molecule has 0 atom stereocenters. The maximum Gasteiger partial charge on any atom is 0.231 e. The Morgan fingerprint density at radius 3 is 3.00 bits per heavy atom. The first-order chi connectivity index (χ1) is 7.61. The third-order valence-corrected chi connectivity index (χ3v) is 2.76. The van der Waals surface area contributed by atoms with E-state index in [4.69, 9.17) is 11.5 Å². The van der Waals surface area contributed by atoms with Gasteiger partial charge in [0.15, 0.2) is 0 Å². The molecule has 1 heterocycles. The van der Waals surface area contributed by atoms with E-state index in [-0.39, 0.29) is 12.5 Å². The lowest BCUT2D eigenvalue weighted by Crippen LogP contribution is -2.29. The molecule has 1 aromatic heterocycles. The van der Waals surface area contributed by atoms with E-state index in [9.17, 15) is 4.79 Å². The second kappa shape index (κ2) is 6.28. The quantitative estimate of drug-likeness (QED) is 0.723. The summed E-state index contributed by atoms with van der Waals surface area (Å²) in [5, 5.41) is 1.98. The van der Waals surface area contributed by atoms with Gasteiger partial charge in [-0.2, -0.15) is 0 Å². The average molecular weight is 237 g/mol. The Hall–Kier alpha value is -1.35. The molecule has 1 rings (SSSR count). The highest BCUT2D eigenvalue weighted by atomic mass is 32.1. The largest absolute Gasteiger partial charge is 0.369 e. The summed E-state index contributed by atoms with van der Waals surface area (Å²) in [4.78, 5) is 13.7. The minimum absolute atomic E-state index is 0.266. The van der Waals surface area contributed by atoms with Crippen LogP contribution in [-0.2, 0) is 11.3 Å². The zero-order valence-electron chi connectivity index (χ0n) is 9.19. The first-order valence-electron chi connectivity index (χ1n) is 4.85. The highest BCUT2D eigenvalue weighted by Gasteiger charge is 2.05. The summed E-state index contributed by atoms with van der Waals surface area (Å²) >= 11 is 1.62. The molecule has 0 radical (unpaired) electrons. The van der Waals surface area contributed by atoms with Crippen LogP contribution in [0.3, 0.4) is 0 Å². The van der Waals surface area contributed by atoms with E-state index < -0.39 is 0 Å². The number of primary amides is 1. The van der Waals surface area contributed by atoms with Crippen molar-refractivity contribution in [3.8, 4) is 11.8 Å². The molecule has 5 heteroatoms. The van der Waals surface area contributed by atoms with E-state index in [1.807, 2.05) is 23.4 Å². The van der Waals surface area contributed by atoms with E-state index in [1.54, 1.807) is 11.3 Å². The van der Waals surface area contributed by atoms with Crippen molar-refractivity contribution in [2.24, 2.45) is 11.5 Å². The fraction of sp³-hybridized carbons (Fsp3) is 0.364. The van der Waals surface area contributed by atoms with E-state index in [2.05, 4.69) is 11.8 Å². The monoisotopic (exact) mass is 237 g/mol. The van der Waals surface area contributed by atoms with Gasteiger partial charge >= 0.3 is 0 Å². The van der Waals surface area contributed by atoms with Gasteiger partial charge in [0.2, 0.25) is 5.91 Å². The molecule has 1 amide bonds. The molecular formula is C11H15N3OS. The molecule has 0 unspecified atom stereocenters. The van der Waals surface area contributed by atoms with Gasteiger partial charge in [0.25, 0.3) is 0 Å². The van der Waals surface area contributed by atoms with E-state index in [1.165, 1.54) is 0 Å². The van der Waals surface area contributed by atoms with Gasteiger partial charge in [0.05, 0.1) is 13.1 Å². The number of nitrogens with two attached hydrogens (primary N) is 2. The zero-order valence-corrected chi connectivity index (χ0v) is 10.0. The Bertz CT molecular complexity index is 416. The molecule has 4 N–H and O–H groups in total. The number of carbonyl (C=O) groups is 1. The third-order valence-electron chi connectivity index (χ3n) is 1.84. The molecule has 0 saturated heterocycles. The van der Waals surface area contributed by atoms with Crippen molar-refractivity contribution in [2.45, 2.75) is 6.54 Å². The highest BCUT2D eigenvalue weighted by Crippen LogP contribution is 2.15. The fourth-order valence-corrected chi connectivity index (χ4v) is 2.17. The molecule has 1 aromatic rings. The summed E-state index contributed by atoms with van der Waals surface area (Å²) in [6.45, 7) is 1.34. The summed E-state index contributed by atoms with van der Waals surface area (Å²) in [6, 6.07) is 2.00. The zero-order chi connectivity index (χ0) is 12.0. The van der Waals surface area contributed by atoms with Crippen LogP contribution >= 0.6 is 11.3 Å². The van der Waals surface area contributed by atoms with Crippen LogP contribution in [0.15, 0.2) is 11.4 Å². The van der Waals surface area contributed by atoms with Crippen LogP contribution in [0.5, 0.6) is 0 Å². The lowest BCUT2D eigenvalue weighted by atomic mass is 10.3. The van der Waals surface area contributed by atoms with Crippen LogP contribution < -0.4 is 11.5 Å². The predicted octanol–water partition coefficient (Wildman–Crippen LogP) is -0.0246. The molecule has 0 aromatic carbocycles. The van der Waals surface area contributed by atoms with Crippen molar-refractivity contribution < 1.29 is 4.79 Å². The van der Waals surface area contributed by atoms with Crippen LogP contribution in [-0.4, -0.2) is 30.9 Å². The van der Waals surface area contributed by atoms with Crippen LogP contribution in [0.4, 0.5) is 0 Å². The molecule has 0 bridgehead atoms. The Morgan fingerprint density at radius 2 is 2.38 bits per heavy atom. The SMILES string of the molecule is CN(CC(N)=O)Cc1cc(C#CCN)cs1. The maximum atomic E-state index is 10.7. The summed E-state index contributed by atoms with van der Waals surface area (Å²) in [5.41, 5.74) is 11.4.